The summed E-state index contributed by atoms with van der Waals surface area (Å²) in [6, 6.07) is 4.89. The predicted molar refractivity (Wildman–Crippen MR) is 105 cm³/mol. The third-order valence-electron chi connectivity index (χ3n) is 4.93. The fourth-order valence-electron chi connectivity index (χ4n) is 3.37. The summed E-state index contributed by atoms with van der Waals surface area (Å²) in [5.41, 5.74) is 6.18. The first kappa shape index (κ1) is 18.6. The molecule has 6 nitrogen and oxygen atoms in total. The van der Waals surface area contributed by atoms with E-state index in [4.69, 9.17) is 5.73 Å². The highest BCUT2D eigenvalue weighted by atomic mass is 32.1. The van der Waals surface area contributed by atoms with E-state index >= 15 is 0 Å². The molecule has 1 atom stereocenters. The van der Waals surface area contributed by atoms with E-state index in [1.807, 2.05) is 17.5 Å². The zero-order valence-electron chi connectivity index (χ0n) is 15.1. The van der Waals surface area contributed by atoms with Crippen molar-refractivity contribution in [1.82, 2.24) is 15.1 Å². The molecule has 1 aliphatic rings. The number of rotatable bonds is 4. The molecule has 7 heteroatoms. The average molecular weight is 375 g/mol. The van der Waals surface area contributed by atoms with Gasteiger partial charge < -0.3 is 11.1 Å². The first-order chi connectivity index (χ1) is 12.6. The van der Waals surface area contributed by atoms with Crippen LogP contribution in [0, 0.1) is 0 Å². The highest BCUT2D eigenvalue weighted by Crippen LogP contribution is 2.23. The second-order valence-corrected chi connectivity index (χ2v) is 7.89. The van der Waals surface area contributed by atoms with Crippen LogP contribution in [0.15, 0.2) is 28.4 Å². The van der Waals surface area contributed by atoms with E-state index in [2.05, 4.69) is 10.4 Å². The lowest BCUT2D eigenvalue weighted by atomic mass is 9.96. The number of nitrogen functional groups attached to an aromatic ring is 1. The summed E-state index contributed by atoms with van der Waals surface area (Å²) in [6.45, 7) is 1.70. The summed E-state index contributed by atoms with van der Waals surface area (Å²) < 4.78 is 1.21. The number of anilines is 1. The normalized spacial score (nSPS) is 17.3. The van der Waals surface area contributed by atoms with Crippen LogP contribution >= 0.6 is 11.3 Å². The number of amides is 1. The zero-order chi connectivity index (χ0) is 18.5. The largest absolute Gasteiger partial charge is 0.394 e. The highest BCUT2D eigenvalue weighted by molar-refractivity contribution is 7.13. The molecular weight excluding hydrogens is 348 g/mol. The van der Waals surface area contributed by atoms with Crippen molar-refractivity contribution in [2.45, 2.75) is 64.0 Å². The molecule has 2 aromatic rings. The summed E-state index contributed by atoms with van der Waals surface area (Å²) in [7, 11) is 0. The quantitative estimate of drug-likeness (QED) is 0.859. The van der Waals surface area contributed by atoms with Crippen LogP contribution in [-0.2, 0) is 4.79 Å². The van der Waals surface area contributed by atoms with Crippen LogP contribution in [-0.4, -0.2) is 21.7 Å². The van der Waals surface area contributed by atoms with E-state index < -0.39 is 11.6 Å². The molecule has 1 aliphatic carbocycles. The monoisotopic (exact) mass is 374 g/mol. The Hall–Kier alpha value is -2.15. The van der Waals surface area contributed by atoms with Gasteiger partial charge in [0, 0.05) is 6.04 Å². The van der Waals surface area contributed by atoms with E-state index in [-0.39, 0.29) is 17.6 Å². The molecule has 1 saturated carbocycles. The molecule has 140 valence electrons. The van der Waals surface area contributed by atoms with Crippen LogP contribution < -0.4 is 16.6 Å². The summed E-state index contributed by atoms with van der Waals surface area (Å²) in [5.74, 6) is -0.173. The lowest BCUT2D eigenvalue weighted by molar-refractivity contribution is -0.125. The van der Waals surface area contributed by atoms with Gasteiger partial charge in [0.15, 0.2) is 0 Å². The highest BCUT2D eigenvalue weighted by Gasteiger charge is 2.22. The van der Waals surface area contributed by atoms with Gasteiger partial charge in [-0.2, -0.15) is 5.10 Å². The predicted octanol–water partition coefficient (Wildman–Crippen LogP) is 3.34. The number of nitrogens with one attached hydrogen (secondary N) is 1. The van der Waals surface area contributed by atoms with E-state index in [0.717, 1.165) is 30.6 Å². The molecule has 1 unspecified atom stereocenters. The average Bonchev–Trinajstić information content (AvgIpc) is 3.13. The maximum absolute atomic E-state index is 12.7. The smallest absolute Gasteiger partial charge is 0.290 e. The van der Waals surface area contributed by atoms with Gasteiger partial charge in [0.2, 0.25) is 5.91 Å². The number of carbonyl (C=O) groups is 1. The molecule has 0 spiro atoms. The Morgan fingerprint density at radius 3 is 2.65 bits per heavy atom. The Bertz CT molecular complexity index is 792. The molecule has 2 aromatic heterocycles. The Morgan fingerprint density at radius 1 is 1.31 bits per heavy atom. The van der Waals surface area contributed by atoms with Gasteiger partial charge >= 0.3 is 0 Å². The van der Waals surface area contributed by atoms with Crippen molar-refractivity contribution in [2.75, 3.05) is 5.73 Å². The van der Waals surface area contributed by atoms with E-state index in [1.54, 1.807) is 13.0 Å². The number of nitrogens with two attached hydrogens (primary N) is 1. The zero-order valence-corrected chi connectivity index (χ0v) is 15.9. The Morgan fingerprint density at radius 2 is 2.00 bits per heavy atom. The van der Waals surface area contributed by atoms with Crippen molar-refractivity contribution >= 4 is 22.9 Å². The standard InChI is InChI=1S/C19H26N4O2S/c1-13(18(24)21-14-8-5-3-2-4-6-9-14)23-19(25)15(20)12-16(22-23)17-10-7-11-26-17/h7,10-14H,2-6,8-9,20H2,1H3,(H,21,24). The minimum absolute atomic E-state index is 0.106. The maximum atomic E-state index is 12.7. The summed E-state index contributed by atoms with van der Waals surface area (Å²) >= 11 is 1.52. The van der Waals surface area contributed by atoms with Crippen LogP contribution in [0.3, 0.4) is 0 Å². The molecule has 26 heavy (non-hydrogen) atoms. The summed E-state index contributed by atoms with van der Waals surface area (Å²) in [5, 5.41) is 9.44. The molecule has 3 rings (SSSR count). The van der Waals surface area contributed by atoms with Gasteiger partial charge in [-0.25, -0.2) is 4.68 Å². The summed E-state index contributed by atoms with van der Waals surface area (Å²) in [4.78, 5) is 26.1. The molecule has 0 bridgehead atoms. The number of aromatic nitrogens is 2. The number of hydrogen-bond donors (Lipinski definition) is 2. The minimum atomic E-state index is -0.699. The topological polar surface area (TPSA) is 90.0 Å². The molecule has 0 saturated heterocycles. The van der Waals surface area contributed by atoms with Crippen molar-refractivity contribution in [2.24, 2.45) is 0 Å². The SMILES string of the molecule is CC(C(=O)NC1CCCCCCC1)n1nc(-c2cccs2)cc(N)c1=O. The summed E-state index contributed by atoms with van der Waals surface area (Å²) in [6.07, 6.45) is 8.00. The molecule has 0 radical (unpaired) electrons. The first-order valence-electron chi connectivity index (χ1n) is 9.30. The lowest BCUT2D eigenvalue weighted by Gasteiger charge is -2.23. The third-order valence-corrected chi connectivity index (χ3v) is 5.83. The van der Waals surface area contributed by atoms with Gasteiger partial charge in [0.25, 0.3) is 5.56 Å². The molecule has 1 amide bonds. The second-order valence-electron chi connectivity index (χ2n) is 6.94. The molecular formula is C19H26N4O2S. The van der Waals surface area contributed by atoms with E-state index in [9.17, 15) is 9.59 Å². The van der Waals surface area contributed by atoms with Crippen molar-refractivity contribution in [3.8, 4) is 10.6 Å². The van der Waals surface area contributed by atoms with Gasteiger partial charge in [-0.15, -0.1) is 11.3 Å². The van der Waals surface area contributed by atoms with Crippen LogP contribution in [0.25, 0.3) is 10.6 Å². The van der Waals surface area contributed by atoms with Gasteiger partial charge in [-0.05, 0) is 37.3 Å². The number of nitrogens with zero attached hydrogens (tertiary/aromatic N) is 2. The van der Waals surface area contributed by atoms with Crippen LogP contribution in [0.1, 0.15) is 57.9 Å². The molecule has 2 heterocycles. The number of carbonyl (C=O) groups excluding carboxylic acids is 1. The van der Waals surface area contributed by atoms with Gasteiger partial charge in [0.1, 0.15) is 17.4 Å². The van der Waals surface area contributed by atoms with Gasteiger partial charge in [0.05, 0.1) is 4.88 Å². The van der Waals surface area contributed by atoms with Gasteiger partial charge in [-0.3, -0.25) is 9.59 Å². The van der Waals surface area contributed by atoms with E-state index in [0.29, 0.717) is 5.69 Å². The number of hydrogen-bond acceptors (Lipinski definition) is 5. The molecule has 0 aromatic carbocycles. The molecule has 3 N–H and O–H groups in total. The van der Waals surface area contributed by atoms with Gasteiger partial charge in [-0.1, -0.05) is 38.2 Å². The fraction of sp³-hybridized carbons (Fsp3) is 0.526. The Labute approximate surface area is 157 Å². The van der Waals surface area contributed by atoms with Crippen molar-refractivity contribution in [3.05, 3.63) is 33.9 Å². The van der Waals surface area contributed by atoms with Crippen LogP contribution in [0.5, 0.6) is 0 Å². The first-order valence-corrected chi connectivity index (χ1v) is 10.2. The minimum Gasteiger partial charge on any atom is -0.394 e. The van der Waals surface area contributed by atoms with Crippen LogP contribution in [0.2, 0.25) is 0 Å². The second kappa shape index (κ2) is 8.49. The van der Waals surface area contributed by atoms with Crippen molar-refractivity contribution in [3.63, 3.8) is 0 Å². The Kier molecular flexibility index (Phi) is 6.08. The fourth-order valence-corrected chi connectivity index (χ4v) is 4.05. The van der Waals surface area contributed by atoms with Crippen molar-refractivity contribution in [1.29, 1.82) is 0 Å². The van der Waals surface area contributed by atoms with Crippen LogP contribution in [0.4, 0.5) is 5.69 Å². The lowest BCUT2D eigenvalue weighted by Crippen LogP contribution is -2.42. The van der Waals surface area contributed by atoms with Crippen molar-refractivity contribution < 1.29 is 4.79 Å². The third kappa shape index (κ3) is 4.33. The molecule has 0 aliphatic heterocycles. The van der Waals surface area contributed by atoms with E-state index in [1.165, 1.54) is 35.3 Å². The molecule has 1 fully saturated rings. The maximum Gasteiger partial charge on any atom is 0.290 e. The Balaban J connectivity index is 1.78. The number of thiophene rings is 1.